The Kier molecular flexibility index (Phi) is 30.0. The first kappa shape index (κ1) is 38.5. The van der Waals surface area contributed by atoms with E-state index in [0.717, 1.165) is 12.8 Å². The monoisotopic (exact) mass is 551 g/mol. The van der Waals surface area contributed by atoms with E-state index in [4.69, 9.17) is 4.74 Å². The minimum Gasteiger partial charge on any atom is -0.463 e. The Labute approximate surface area is 247 Å². The number of hydrogen-bond donors (Lipinski definition) is 0. The molecule has 0 aliphatic heterocycles. The minimum atomic E-state index is -0.00238. The minimum absolute atomic E-state index is 0.00238. The fraction of sp³-hybridized carbons (Fsp3) is 0.973. The first-order valence-corrected chi connectivity index (χ1v) is 18.2. The molecule has 2 unspecified atom stereocenters. The fourth-order valence-electron chi connectivity index (χ4n) is 6.10. The molecule has 0 saturated carbocycles. The maximum absolute atomic E-state index is 13.1. The summed E-state index contributed by atoms with van der Waals surface area (Å²) in [5.74, 6) is 0.898. The molecule has 0 amide bonds. The summed E-state index contributed by atoms with van der Waals surface area (Å²) in [7, 11) is 0. The van der Waals surface area contributed by atoms with Gasteiger partial charge < -0.3 is 4.74 Å². The summed E-state index contributed by atoms with van der Waals surface area (Å²) in [5.41, 5.74) is 0. The summed E-state index contributed by atoms with van der Waals surface area (Å²) in [5, 5.41) is 0. The van der Waals surface area contributed by atoms with Crippen molar-refractivity contribution >= 4 is 5.97 Å². The molecular formula is C37H74O2. The predicted octanol–water partition coefficient (Wildman–Crippen LogP) is 13.2. The van der Waals surface area contributed by atoms with Crippen molar-refractivity contribution in [3.8, 4) is 0 Å². The van der Waals surface area contributed by atoms with Gasteiger partial charge in [0.15, 0.2) is 0 Å². The lowest BCUT2D eigenvalue weighted by atomic mass is 9.84. The highest BCUT2D eigenvalue weighted by Crippen LogP contribution is 2.29. The maximum Gasteiger partial charge on any atom is 0.309 e. The molecule has 2 atom stereocenters. The summed E-state index contributed by atoms with van der Waals surface area (Å²) < 4.78 is 5.78. The van der Waals surface area contributed by atoms with Gasteiger partial charge in [-0.2, -0.15) is 0 Å². The van der Waals surface area contributed by atoms with E-state index in [-0.39, 0.29) is 18.0 Å². The van der Waals surface area contributed by atoms with E-state index in [2.05, 4.69) is 20.8 Å². The van der Waals surface area contributed by atoms with Crippen LogP contribution < -0.4 is 0 Å². The van der Waals surface area contributed by atoms with Crippen LogP contribution in [0, 0.1) is 11.8 Å². The van der Waals surface area contributed by atoms with Crippen molar-refractivity contribution in [2.45, 2.75) is 221 Å². The van der Waals surface area contributed by atoms with Crippen LogP contribution in [0.25, 0.3) is 0 Å². The molecule has 0 bridgehead atoms. The predicted molar refractivity (Wildman–Crippen MR) is 175 cm³/mol. The van der Waals surface area contributed by atoms with E-state index in [1.54, 1.807) is 0 Å². The molecule has 0 heterocycles. The molecule has 2 heteroatoms. The van der Waals surface area contributed by atoms with Crippen molar-refractivity contribution < 1.29 is 9.53 Å². The van der Waals surface area contributed by atoms with Crippen LogP contribution >= 0.6 is 0 Å². The second-order valence-electron chi connectivity index (χ2n) is 13.1. The van der Waals surface area contributed by atoms with Crippen LogP contribution in [0.5, 0.6) is 0 Å². The number of carbonyl (C=O) groups excluding carboxylic acids is 1. The highest BCUT2D eigenvalue weighted by molar-refractivity contribution is 5.72. The van der Waals surface area contributed by atoms with Crippen molar-refractivity contribution in [3.63, 3.8) is 0 Å². The van der Waals surface area contributed by atoms with Gasteiger partial charge >= 0.3 is 5.97 Å². The third kappa shape index (κ3) is 27.4. The average molecular weight is 551 g/mol. The fourth-order valence-corrected chi connectivity index (χ4v) is 6.10. The molecule has 234 valence electrons. The Hall–Kier alpha value is -0.530. The lowest BCUT2D eigenvalue weighted by molar-refractivity contribution is -0.153. The zero-order chi connectivity index (χ0) is 28.8. The summed E-state index contributed by atoms with van der Waals surface area (Å²) in [6.45, 7) is 10.9. The highest BCUT2D eigenvalue weighted by Gasteiger charge is 2.24. The van der Waals surface area contributed by atoms with Gasteiger partial charge in [-0.3, -0.25) is 4.79 Å². The van der Waals surface area contributed by atoms with Crippen molar-refractivity contribution in [1.82, 2.24) is 0 Å². The van der Waals surface area contributed by atoms with E-state index < -0.39 is 0 Å². The van der Waals surface area contributed by atoms with E-state index in [1.807, 2.05) is 13.8 Å². The Morgan fingerprint density at radius 3 is 1.10 bits per heavy atom. The van der Waals surface area contributed by atoms with E-state index in [9.17, 15) is 4.79 Å². The van der Waals surface area contributed by atoms with E-state index in [0.29, 0.717) is 5.92 Å². The first-order chi connectivity index (χ1) is 19.0. The molecule has 0 aromatic rings. The van der Waals surface area contributed by atoms with Crippen LogP contribution in [0.4, 0.5) is 0 Å². The van der Waals surface area contributed by atoms with Crippen molar-refractivity contribution in [1.29, 1.82) is 0 Å². The summed E-state index contributed by atoms with van der Waals surface area (Å²) in [6, 6.07) is 0. The molecule has 0 aliphatic carbocycles. The van der Waals surface area contributed by atoms with Crippen LogP contribution in [-0.2, 0) is 9.53 Å². The Morgan fingerprint density at radius 1 is 0.462 bits per heavy atom. The van der Waals surface area contributed by atoms with Gasteiger partial charge in [-0.25, -0.2) is 0 Å². The zero-order valence-electron chi connectivity index (χ0n) is 27.8. The van der Waals surface area contributed by atoms with Gasteiger partial charge in [-0.15, -0.1) is 0 Å². The van der Waals surface area contributed by atoms with E-state index >= 15 is 0 Å². The number of rotatable bonds is 31. The van der Waals surface area contributed by atoms with Crippen molar-refractivity contribution in [2.24, 2.45) is 11.8 Å². The zero-order valence-corrected chi connectivity index (χ0v) is 27.8. The van der Waals surface area contributed by atoms with E-state index in [1.165, 1.54) is 167 Å². The molecule has 0 spiro atoms. The molecule has 39 heavy (non-hydrogen) atoms. The topological polar surface area (TPSA) is 26.3 Å². The maximum atomic E-state index is 13.1. The molecule has 0 aromatic heterocycles. The molecule has 0 aliphatic rings. The molecule has 0 N–H and O–H groups in total. The number of esters is 1. The second-order valence-corrected chi connectivity index (χ2v) is 13.1. The van der Waals surface area contributed by atoms with Crippen LogP contribution in [0.15, 0.2) is 0 Å². The van der Waals surface area contributed by atoms with Crippen LogP contribution in [0.1, 0.15) is 214 Å². The summed E-state index contributed by atoms with van der Waals surface area (Å²) >= 11 is 0. The van der Waals surface area contributed by atoms with Gasteiger partial charge in [-0.05, 0) is 32.6 Å². The van der Waals surface area contributed by atoms with Gasteiger partial charge in [0.25, 0.3) is 0 Å². The largest absolute Gasteiger partial charge is 0.463 e. The SMILES string of the molecule is CCCCCCCCCCCCC(CC(CCCCCCCC)CCCCCCCCCC)C(=O)OC(C)C. The second kappa shape index (κ2) is 30.4. The molecule has 0 fully saturated rings. The van der Waals surface area contributed by atoms with Crippen molar-refractivity contribution in [3.05, 3.63) is 0 Å². The van der Waals surface area contributed by atoms with Gasteiger partial charge in [0.2, 0.25) is 0 Å². The molecular weight excluding hydrogens is 476 g/mol. The molecule has 0 saturated heterocycles. The number of carbonyl (C=O) groups is 1. The quantitative estimate of drug-likeness (QED) is 0.0633. The van der Waals surface area contributed by atoms with Gasteiger partial charge in [-0.1, -0.05) is 188 Å². The number of ether oxygens (including phenoxy) is 1. The lowest BCUT2D eigenvalue weighted by Gasteiger charge is -2.24. The Morgan fingerprint density at radius 2 is 0.769 bits per heavy atom. The lowest BCUT2D eigenvalue weighted by Crippen LogP contribution is -2.24. The van der Waals surface area contributed by atoms with Crippen molar-refractivity contribution in [2.75, 3.05) is 0 Å². The van der Waals surface area contributed by atoms with Gasteiger partial charge in [0.05, 0.1) is 12.0 Å². The highest BCUT2D eigenvalue weighted by atomic mass is 16.5. The standard InChI is InChI=1S/C37H74O2/c1-6-9-12-15-18-20-21-23-26-29-32-36(37(38)39-34(4)5)33-35(30-27-24-17-14-11-8-3)31-28-25-22-19-16-13-10-7-2/h34-36H,6-33H2,1-5H3. The molecule has 0 rings (SSSR count). The van der Waals surface area contributed by atoms with Gasteiger partial charge in [0.1, 0.15) is 0 Å². The van der Waals surface area contributed by atoms with Crippen LogP contribution in [-0.4, -0.2) is 12.1 Å². The molecule has 0 radical (unpaired) electrons. The summed E-state index contributed by atoms with van der Waals surface area (Å²) in [6.07, 6.45) is 37.5. The Bertz CT molecular complexity index is 486. The third-order valence-electron chi connectivity index (χ3n) is 8.64. The normalized spacial score (nSPS) is 13.2. The first-order valence-electron chi connectivity index (χ1n) is 18.2. The third-order valence-corrected chi connectivity index (χ3v) is 8.64. The van der Waals surface area contributed by atoms with Crippen LogP contribution in [0.3, 0.4) is 0 Å². The average Bonchev–Trinajstić information content (AvgIpc) is 2.91. The number of unbranched alkanes of at least 4 members (excludes halogenated alkanes) is 21. The molecule has 2 nitrogen and oxygen atoms in total. The van der Waals surface area contributed by atoms with Gasteiger partial charge in [0, 0.05) is 0 Å². The number of hydrogen-bond acceptors (Lipinski definition) is 2. The summed E-state index contributed by atoms with van der Waals surface area (Å²) in [4.78, 5) is 13.1. The van der Waals surface area contributed by atoms with Crippen LogP contribution in [0.2, 0.25) is 0 Å². The Balaban J connectivity index is 4.63. The smallest absolute Gasteiger partial charge is 0.309 e. The molecule has 0 aromatic carbocycles.